The van der Waals surface area contributed by atoms with E-state index in [1.54, 1.807) is 7.11 Å². The summed E-state index contributed by atoms with van der Waals surface area (Å²) in [7, 11) is 1.56. The van der Waals surface area contributed by atoms with Crippen LogP contribution in [0.15, 0.2) is 23.4 Å². The van der Waals surface area contributed by atoms with Crippen molar-refractivity contribution in [1.82, 2.24) is 4.90 Å². The maximum Gasteiger partial charge on any atom is 0.173 e. The van der Waals surface area contributed by atoms with Crippen LogP contribution in [0.2, 0.25) is 0 Å². The molecular formula is C14H21N3O3. The molecule has 110 valence electrons. The summed E-state index contributed by atoms with van der Waals surface area (Å²) in [4.78, 5) is 2.33. The van der Waals surface area contributed by atoms with Crippen LogP contribution in [0.3, 0.4) is 0 Å². The van der Waals surface area contributed by atoms with E-state index in [2.05, 4.69) is 17.0 Å². The van der Waals surface area contributed by atoms with E-state index in [-0.39, 0.29) is 11.9 Å². The molecule has 1 atom stereocenters. The number of hydrogen-bond donors (Lipinski definition) is 2. The lowest BCUT2D eigenvalue weighted by atomic mass is 10.1. The summed E-state index contributed by atoms with van der Waals surface area (Å²) in [6, 6.07) is 5.73. The van der Waals surface area contributed by atoms with Crippen molar-refractivity contribution in [3.05, 3.63) is 29.3 Å². The van der Waals surface area contributed by atoms with Gasteiger partial charge >= 0.3 is 0 Å². The first-order chi connectivity index (χ1) is 9.63. The Morgan fingerprint density at radius 1 is 1.60 bits per heavy atom. The third kappa shape index (κ3) is 3.40. The standard InChI is InChI=1S/C14H21N3O3/c1-10-8-17(5-6-20-10)9-11-3-4-13(19-2)12(7-11)14(15)16-18/h3-4,7,10,18H,5-6,8-9H2,1-2H3,(H2,15,16). The second-order valence-corrected chi connectivity index (χ2v) is 4.94. The zero-order chi connectivity index (χ0) is 14.5. The lowest BCUT2D eigenvalue weighted by Gasteiger charge is -2.31. The van der Waals surface area contributed by atoms with E-state index in [9.17, 15) is 0 Å². The molecule has 20 heavy (non-hydrogen) atoms. The summed E-state index contributed by atoms with van der Waals surface area (Å²) in [6.07, 6.45) is 0.255. The summed E-state index contributed by atoms with van der Waals surface area (Å²) >= 11 is 0. The molecule has 6 heteroatoms. The predicted octanol–water partition coefficient (Wildman–Crippen LogP) is 1.01. The first-order valence-electron chi connectivity index (χ1n) is 6.62. The highest BCUT2D eigenvalue weighted by Gasteiger charge is 2.17. The highest BCUT2D eigenvalue weighted by Crippen LogP contribution is 2.21. The second-order valence-electron chi connectivity index (χ2n) is 4.94. The first kappa shape index (κ1) is 14.6. The van der Waals surface area contributed by atoms with Gasteiger partial charge in [-0.3, -0.25) is 4.90 Å². The van der Waals surface area contributed by atoms with Crippen molar-refractivity contribution >= 4 is 5.84 Å². The van der Waals surface area contributed by atoms with E-state index in [0.29, 0.717) is 11.3 Å². The third-order valence-corrected chi connectivity index (χ3v) is 3.38. The Kier molecular flexibility index (Phi) is 4.81. The van der Waals surface area contributed by atoms with Gasteiger partial charge in [-0.05, 0) is 24.6 Å². The van der Waals surface area contributed by atoms with E-state index in [4.69, 9.17) is 20.4 Å². The number of nitrogens with zero attached hydrogens (tertiary/aromatic N) is 2. The number of methoxy groups -OCH3 is 1. The van der Waals surface area contributed by atoms with Crippen LogP contribution in [0.25, 0.3) is 0 Å². The Morgan fingerprint density at radius 3 is 3.05 bits per heavy atom. The number of oxime groups is 1. The smallest absolute Gasteiger partial charge is 0.173 e. The minimum Gasteiger partial charge on any atom is -0.496 e. The molecule has 1 aliphatic rings. The second kappa shape index (κ2) is 6.58. The molecule has 1 aliphatic heterocycles. The normalized spacial score (nSPS) is 20.9. The van der Waals surface area contributed by atoms with Gasteiger partial charge in [0.15, 0.2) is 5.84 Å². The quantitative estimate of drug-likeness (QED) is 0.372. The van der Waals surface area contributed by atoms with Gasteiger partial charge in [0.1, 0.15) is 5.75 Å². The average molecular weight is 279 g/mol. The molecule has 0 spiro atoms. The van der Waals surface area contributed by atoms with Gasteiger partial charge in [-0.2, -0.15) is 0 Å². The minimum atomic E-state index is 0.0547. The topological polar surface area (TPSA) is 80.3 Å². The monoisotopic (exact) mass is 279 g/mol. The van der Waals surface area contributed by atoms with Crippen molar-refractivity contribution in [3.8, 4) is 5.75 Å². The van der Waals surface area contributed by atoms with Gasteiger partial charge in [0.2, 0.25) is 0 Å². The van der Waals surface area contributed by atoms with Gasteiger partial charge in [-0.15, -0.1) is 0 Å². The van der Waals surface area contributed by atoms with E-state index in [1.807, 2.05) is 18.2 Å². The molecule has 1 saturated heterocycles. The molecule has 0 aliphatic carbocycles. The predicted molar refractivity (Wildman–Crippen MR) is 76.2 cm³/mol. The number of amidine groups is 1. The summed E-state index contributed by atoms with van der Waals surface area (Å²) in [5.41, 5.74) is 7.39. The molecule has 6 nitrogen and oxygen atoms in total. The molecule has 0 radical (unpaired) electrons. The Morgan fingerprint density at radius 2 is 2.40 bits per heavy atom. The van der Waals surface area contributed by atoms with Crippen LogP contribution in [0.5, 0.6) is 5.75 Å². The minimum absolute atomic E-state index is 0.0547. The third-order valence-electron chi connectivity index (χ3n) is 3.38. The zero-order valence-electron chi connectivity index (χ0n) is 11.9. The number of ether oxygens (including phenoxy) is 2. The Balaban J connectivity index is 2.16. The lowest BCUT2D eigenvalue weighted by molar-refractivity contribution is -0.0212. The van der Waals surface area contributed by atoms with E-state index in [1.165, 1.54) is 0 Å². The molecule has 1 aromatic rings. The first-order valence-corrected chi connectivity index (χ1v) is 6.62. The average Bonchev–Trinajstić information content (AvgIpc) is 2.46. The number of rotatable bonds is 4. The van der Waals surface area contributed by atoms with Gasteiger partial charge in [-0.1, -0.05) is 11.2 Å². The Labute approximate surface area is 118 Å². The molecule has 1 aromatic carbocycles. The number of benzene rings is 1. The van der Waals surface area contributed by atoms with Crippen LogP contribution in [-0.4, -0.2) is 48.9 Å². The highest BCUT2D eigenvalue weighted by atomic mass is 16.5. The fraction of sp³-hybridized carbons (Fsp3) is 0.500. The molecule has 1 unspecified atom stereocenters. The molecular weight excluding hydrogens is 258 g/mol. The SMILES string of the molecule is COc1ccc(CN2CCOC(C)C2)cc1C(N)=NO. The fourth-order valence-electron chi connectivity index (χ4n) is 2.40. The maximum atomic E-state index is 8.84. The Bertz CT molecular complexity index is 491. The van der Waals surface area contributed by atoms with Crippen LogP contribution in [0, 0.1) is 0 Å². The molecule has 1 fully saturated rings. The van der Waals surface area contributed by atoms with E-state index >= 15 is 0 Å². The van der Waals surface area contributed by atoms with Crippen molar-refractivity contribution in [2.45, 2.75) is 19.6 Å². The molecule has 2 rings (SSSR count). The largest absolute Gasteiger partial charge is 0.496 e. The number of morpholine rings is 1. The van der Waals surface area contributed by atoms with Crippen LogP contribution in [0.4, 0.5) is 0 Å². The summed E-state index contributed by atoms with van der Waals surface area (Å²) in [5, 5.41) is 11.9. The van der Waals surface area contributed by atoms with Crippen LogP contribution in [-0.2, 0) is 11.3 Å². The van der Waals surface area contributed by atoms with Crippen molar-refractivity contribution in [1.29, 1.82) is 0 Å². The van der Waals surface area contributed by atoms with Crippen molar-refractivity contribution in [2.75, 3.05) is 26.8 Å². The highest BCUT2D eigenvalue weighted by molar-refractivity contribution is 5.99. The van der Waals surface area contributed by atoms with Gasteiger partial charge in [0.25, 0.3) is 0 Å². The number of hydrogen-bond acceptors (Lipinski definition) is 5. The summed E-state index contributed by atoms with van der Waals surface area (Å²) in [5.74, 6) is 0.651. The number of nitrogens with two attached hydrogens (primary N) is 1. The van der Waals surface area contributed by atoms with Gasteiger partial charge in [-0.25, -0.2) is 0 Å². The molecule has 3 N–H and O–H groups in total. The molecule has 0 bridgehead atoms. The molecule has 0 saturated carbocycles. The van der Waals surface area contributed by atoms with Crippen LogP contribution in [0.1, 0.15) is 18.1 Å². The van der Waals surface area contributed by atoms with Gasteiger partial charge < -0.3 is 20.4 Å². The van der Waals surface area contributed by atoms with Crippen molar-refractivity contribution in [2.24, 2.45) is 10.9 Å². The van der Waals surface area contributed by atoms with Gasteiger partial charge in [0.05, 0.1) is 25.4 Å². The maximum absolute atomic E-state index is 8.84. The summed E-state index contributed by atoms with van der Waals surface area (Å²) in [6.45, 7) is 5.45. The zero-order valence-corrected chi connectivity index (χ0v) is 11.9. The van der Waals surface area contributed by atoms with E-state index in [0.717, 1.165) is 31.8 Å². The van der Waals surface area contributed by atoms with Gasteiger partial charge in [0, 0.05) is 19.6 Å². The molecule has 1 heterocycles. The van der Waals surface area contributed by atoms with Crippen LogP contribution >= 0.6 is 0 Å². The van der Waals surface area contributed by atoms with Crippen molar-refractivity contribution < 1.29 is 14.7 Å². The molecule has 0 aromatic heterocycles. The molecule has 0 amide bonds. The fourth-order valence-corrected chi connectivity index (χ4v) is 2.40. The summed E-state index contributed by atoms with van der Waals surface area (Å²) < 4.78 is 10.8. The van der Waals surface area contributed by atoms with Crippen LogP contribution < -0.4 is 10.5 Å². The van der Waals surface area contributed by atoms with E-state index < -0.39 is 0 Å². The lowest BCUT2D eigenvalue weighted by Crippen LogP contribution is -2.40. The van der Waals surface area contributed by atoms with Crippen molar-refractivity contribution in [3.63, 3.8) is 0 Å². The Hall–Kier alpha value is -1.79.